The van der Waals surface area contributed by atoms with Crippen molar-refractivity contribution in [3.63, 3.8) is 0 Å². The van der Waals surface area contributed by atoms with Gasteiger partial charge in [-0.3, -0.25) is 15.1 Å². The highest BCUT2D eigenvalue weighted by molar-refractivity contribution is 5.75. The molecule has 0 aromatic rings. The molecule has 9 nitrogen and oxygen atoms in total. The lowest BCUT2D eigenvalue weighted by molar-refractivity contribution is -0.599. The molecule has 0 saturated heterocycles. The summed E-state index contributed by atoms with van der Waals surface area (Å²) in [5.74, 6) is 0. The summed E-state index contributed by atoms with van der Waals surface area (Å²) in [4.78, 5) is 15.1. The van der Waals surface area contributed by atoms with Gasteiger partial charge in [-0.1, -0.05) is 6.08 Å². The molecule has 0 saturated carbocycles. The zero-order chi connectivity index (χ0) is 17.7. The number of aliphatic imine (C=N–C) groups is 1. The van der Waals surface area contributed by atoms with E-state index in [4.69, 9.17) is 0 Å². The van der Waals surface area contributed by atoms with Crippen molar-refractivity contribution in [1.29, 1.82) is 0 Å². The molecule has 23 heavy (non-hydrogen) atoms. The standard InChI is InChI=1S/C14H24N2O7/c1-12(9-19,16(22)23)14(5-8-18,11(21)3-7-17)13(10-20)4-2-6-15-13/h2,4,6,11,17-21H,3,5,7-10H2,1H3. The van der Waals surface area contributed by atoms with Crippen LogP contribution in [0.1, 0.15) is 19.8 Å². The van der Waals surface area contributed by atoms with Crippen LogP contribution in [0.4, 0.5) is 0 Å². The molecule has 0 fully saturated rings. The molecule has 4 unspecified atom stereocenters. The summed E-state index contributed by atoms with van der Waals surface area (Å²) < 4.78 is 0. The minimum absolute atomic E-state index is 0.228. The largest absolute Gasteiger partial charge is 0.396 e. The van der Waals surface area contributed by atoms with Crippen LogP contribution < -0.4 is 0 Å². The van der Waals surface area contributed by atoms with Gasteiger partial charge in [0.25, 0.3) is 5.54 Å². The van der Waals surface area contributed by atoms with Crippen LogP contribution in [0.15, 0.2) is 17.1 Å². The number of aliphatic hydroxyl groups is 5. The topological polar surface area (TPSA) is 157 Å². The molecular weight excluding hydrogens is 308 g/mol. The molecule has 0 bridgehead atoms. The summed E-state index contributed by atoms with van der Waals surface area (Å²) in [6.07, 6.45) is 2.22. The maximum absolute atomic E-state index is 11.7. The SMILES string of the molecule is CC(CO)([N+](=O)[O-])C(CCO)(C(O)CCO)C1(CO)C=CC=N1. The summed E-state index contributed by atoms with van der Waals surface area (Å²) in [6.45, 7) is -1.44. The van der Waals surface area contributed by atoms with E-state index in [1.165, 1.54) is 18.4 Å². The Morgan fingerprint density at radius 1 is 1.30 bits per heavy atom. The van der Waals surface area contributed by atoms with E-state index in [0.29, 0.717) is 0 Å². The lowest BCUT2D eigenvalue weighted by Crippen LogP contribution is -2.70. The monoisotopic (exact) mass is 332 g/mol. The Balaban J connectivity index is 3.71. The van der Waals surface area contributed by atoms with E-state index in [1.54, 1.807) is 0 Å². The molecule has 0 radical (unpaired) electrons. The van der Waals surface area contributed by atoms with Gasteiger partial charge in [-0.15, -0.1) is 0 Å². The van der Waals surface area contributed by atoms with Crippen molar-refractivity contribution < 1.29 is 30.5 Å². The molecule has 1 heterocycles. The first-order valence-electron chi connectivity index (χ1n) is 7.31. The fourth-order valence-electron chi connectivity index (χ4n) is 3.59. The lowest BCUT2D eigenvalue weighted by atomic mass is 9.54. The summed E-state index contributed by atoms with van der Waals surface area (Å²) in [6, 6.07) is 0. The Hall–Kier alpha value is -1.39. The predicted octanol–water partition coefficient (Wildman–Crippen LogP) is -1.50. The van der Waals surface area contributed by atoms with Crippen LogP contribution >= 0.6 is 0 Å². The molecule has 0 aromatic carbocycles. The fourth-order valence-corrected chi connectivity index (χ4v) is 3.59. The Labute approximate surface area is 133 Å². The van der Waals surface area contributed by atoms with Crippen LogP contribution in [0.3, 0.4) is 0 Å². The van der Waals surface area contributed by atoms with Crippen molar-refractivity contribution in [2.75, 3.05) is 26.4 Å². The van der Waals surface area contributed by atoms with Gasteiger partial charge in [0.15, 0.2) is 0 Å². The quantitative estimate of drug-likeness (QED) is 0.240. The van der Waals surface area contributed by atoms with E-state index in [9.17, 15) is 35.6 Å². The number of rotatable bonds is 10. The van der Waals surface area contributed by atoms with Crippen LogP contribution in [0, 0.1) is 15.5 Å². The Morgan fingerprint density at radius 2 is 1.96 bits per heavy atom. The molecule has 1 aliphatic rings. The van der Waals surface area contributed by atoms with Gasteiger partial charge in [-0.05, 0) is 18.9 Å². The van der Waals surface area contributed by atoms with Crippen LogP contribution in [-0.4, -0.2) is 80.3 Å². The average molecular weight is 332 g/mol. The van der Waals surface area contributed by atoms with Crippen molar-refractivity contribution in [3.05, 3.63) is 22.3 Å². The smallest absolute Gasteiger partial charge is 0.252 e. The van der Waals surface area contributed by atoms with Gasteiger partial charge in [-0.2, -0.15) is 0 Å². The number of hydrogen-bond donors (Lipinski definition) is 5. The summed E-state index contributed by atoms with van der Waals surface area (Å²) in [5.41, 5.74) is -5.53. The van der Waals surface area contributed by atoms with Crippen LogP contribution in [0.5, 0.6) is 0 Å². The highest BCUT2D eigenvalue weighted by atomic mass is 16.6. The van der Waals surface area contributed by atoms with E-state index in [1.807, 2.05) is 0 Å². The van der Waals surface area contributed by atoms with E-state index < -0.39 is 53.9 Å². The van der Waals surface area contributed by atoms with Gasteiger partial charge >= 0.3 is 0 Å². The lowest BCUT2D eigenvalue weighted by Gasteiger charge is -2.52. The average Bonchev–Trinajstić information content (AvgIpc) is 3.02. The maximum atomic E-state index is 11.7. The molecule has 1 rings (SSSR count). The molecule has 4 atom stereocenters. The fraction of sp³-hybridized carbons (Fsp3) is 0.786. The zero-order valence-corrected chi connectivity index (χ0v) is 13.0. The Bertz CT molecular complexity index is 470. The third kappa shape index (κ3) is 2.79. The van der Waals surface area contributed by atoms with E-state index in [-0.39, 0.29) is 12.8 Å². The molecule has 0 aromatic heterocycles. The molecule has 5 N–H and O–H groups in total. The van der Waals surface area contributed by atoms with Gasteiger partial charge in [-0.25, -0.2) is 0 Å². The highest BCUT2D eigenvalue weighted by Crippen LogP contribution is 2.53. The predicted molar refractivity (Wildman–Crippen MR) is 81.8 cm³/mol. The first-order valence-corrected chi connectivity index (χ1v) is 7.31. The van der Waals surface area contributed by atoms with E-state index in [0.717, 1.165) is 6.92 Å². The number of hydrogen-bond acceptors (Lipinski definition) is 8. The maximum Gasteiger partial charge on any atom is 0.252 e. The molecule has 0 amide bonds. The number of aliphatic hydroxyl groups excluding tert-OH is 5. The second-order valence-corrected chi connectivity index (χ2v) is 5.88. The molecule has 132 valence electrons. The number of nitro groups is 1. The first-order chi connectivity index (χ1) is 10.8. The minimum atomic E-state index is -2.11. The van der Waals surface area contributed by atoms with E-state index in [2.05, 4.69) is 4.99 Å². The van der Waals surface area contributed by atoms with Gasteiger partial charge < -0.3 is 25.5 Å². The second kappa shape index (κ2) is 7.45. The van der Waals surface area contributed by atoms with Gasteiger partial charge in [0.1, 0.15) is 17.6 Å². The Morgan fingerprint density at radius 3 is 2.30 bits per heavy atom. The Kier molecular flexibility index (Phi) is 6.37. The number of nitrogens with zero attached hydrogens (tertiary/aromatic N) is 2. The van der Waals surface area contributed by atoms with Crippen molar-refractivity contribution >= 4 is 6.21 Å². The minimum Gasteiger partial charge on any atom is -0.396 e. The summed E-state index contributed by atoms with van der Waals surface area (Å²) in [5, 5.41) is 60.7. The summed E-state index contributed by atoms with van der Waals surface area (Å²) >= 11 is 0. The molecule has 9 heteroatoms. The normalized spacial score (nSPS) is 26.7. The zero-order valence-electron chi connectivity index (χ0n) is 13.0. The molecule has 1 aliphatic heterocycles. The highest BCUT2D eigenvalue weighted by Gasteiger charge is 2.70. The summed E-state index contributed by atoms with van der Waals surface area (Å²) in [7, 11) is 0. The molecule has 0 aliphatic carbocycles. The third-order valence-corrected chi connectivity index (χ3v) is 4.93. The third-order valence-electron chi connectivity index (χ3n) is 4.93. The second-order valence-electron chi connectivity index (χ2n) is 5.88. The molecular formula is C14H24N2O7. The van der Waals surface area contributed by atoms with Crippen molar-refractivity contribution in [1.82, 2.24) is 0 Å². The van der Waals surface area contributed by atoms with Crippen LogP contribution in [-0.2, 0) is 0 Å². The van der Waals surface area contributed by atoms with Crippen LogP contribution in [0.2, 0.25) is 0 Å². The molecule has 0 spiro atoms. The van der Waals surface area contributed by atoms with Crippen molar-refractivity contribution in [2.24, 2.45) is 10.4 Å². The van der Waals surface area contributed by atoms with Gasteiger partial charge in [0.05, 0.1) is 12.7 Å². The van der Waals surface area contributed by atoms with Crippen molar-refractivity contribution in [2.45, 2.75) is 36.9 Å². The van der Waals surface area contributed by atoms with Crippen molar-refractivity contribution in [3.8, 4) is 0 Å². The van der Waals surface area contributed by atoms with Gasteiger partial charge in [0, 0.05) is 31.3 Å². The van der Waals surface area contributed by atoms with E-state index >= 15 is 0 Å². The number of allylic oxidation sites excluding steroid dienone is 1. The van der Waals surface area contributed by atoms with Crippen LogP contribution in [0.25, 0.3) is 0 Å². The first kappa shape index (κ1) is 19.7. The van der Waals surface area contributed by atoms with Gasteiger partial charge in [0.2, 0.25) is 0 Å².